The average molecular weight is 180 g/mol. The van der Waals surface area contributed by atoms with E-state index in [1.807, 2.05) is 6.21 Å². The van der Waals surface area contributed by atoms with E-state index in [9.17, 15) is 0 Å². The third kappa shape index (κ3) is 6.50. The largest absolute Gasteiger partial charge is 0.274 e. The van der Waals surface area contributed by atoms with Gasteiger partial charge in [-0.15, -0.1) is 0 Å². The van der Waals surface area contributed by atoms with E-state index in [0.29, 0.717) is 0 Å². The first kappa shape index (κ1) is 10.4. The fraction of sp³-hybridized carbons (Fsp3) is 0.818. The van der Waals surface area contributed by atoms with Crippen LogP contribution < -0.4 is 0 Å². The molecule has 0 atom stereocenters. The molecular weight excluding hydrogens is 160 g/mol. The van der Waals surface area contributed by atoms with Crippen LogP contribution in [0.3, 0.4) is 0 Å². The van der Waals surface area contributed by atoms with Gasteiger partial charge in [-0.3, -0.25) is 4.99 Å². The molecule has 0 N–H and O–H groups in total. The lowest BCUT2D eigenvalue weighted by Gasteiger charge is -1.98. The second kappa shape index (κ2) is 7.96. The van der Waals surface area contributed by atoms with Crippen LogP contribution in [0.1, 0.15) is 51.4 Å². The van der Waals surface area contributed by atoms with E-state index in [0.717, 1.165) is 13.0 Å². The molecule has 0 unspecified atom stereocenters. The summed E-state index contributed by atoms with van der Waals surface area (Å²) in [6.45, 7) is 0.956. The first-order valence-electron chi connectivity index (χ1n) is 5.50. The smallest absolute Gasteiger partial charge is 0.109 e. The first-order valence-corrected chi connectivity index (χ1v) is 5.50. The monoisotopic (exact) mass is 180 g/mol. The van der Waals surface area contributed by atoms with E-state index in [1.165, 1.54) is 44.9 Å². The Morgan fingerprint density at radius 1 is 0.769 bits per heavy atom. The Hall–Kier alpha value is -0.660. The van der Waals surface area contributed by atoms with Crippen LogP contribution in [-0.2, 0) is 0 Å². The van der Waals surface area contributed by atoms with Crippen molar-refractivity contribution in [1.29, 1.82) is 0 Å². The van der Waals surface area contributed by atoms with Gasteiger partial charge in [0, 0.05) is 12.8 Å². The summed E-state index contributed by atoms with van der Waals surface area (Å²) < 4.78 is 0. The molecule has 1 rings (SSSR count). The van der Waals surface area contributed by atoms with Crippen LogP contribution in [0.25, 0.3) is 0 Å². The summed E-state index contributed by atoms with van der Waals surface area (Å²) in [4.78, 5) is 8.33. The summed E-state index contributed by atoms with van der Waals surface area (Å²) in [6, 6.07) is 0. The number of hydrogen-bond acceptors (Lipinski definition) is 2. The van der Waals surface area contributed by atoms with E-state index in [2.05, 4.69) is 9.98 Å². The van der Waals surface area contributed by atoms with Gasteiger partial charge < -0.3 is 0 Å². The van der Waals surface area contributed by atoms with Crippen LogP contribution in [0.15, 0.2) is 9.98 Å². The molecule has 0 spiro atoms. The van der Waals surface area contributed by atoms with Crippen molar-refractivity contribution in [2.45, 2.75) is 51.4 Å². The van der Waals surface area contributed by atoms with Crippen molar-refractivity contribution >= 4 is 12.6 Å². The van der Waals surface area contributed by atoms with Crippen molar-refractivity contribution < 1.29 is 0 Å². The summed E-state index contributed by atoms with van der Waals surface area (Å²) in [5.41, 5.74) is 0. The molecule has 1 aliphatic heterocycles. The van der Waals surface area contributed by atoms with Crippen molar-refractivity contribution in [3.05, 3.63) is 0 Å². The zero-order valence-electron chi connectivity index (χ0n) is 8.41. The molecule has 13 heavy (non-hydrogen) atoms. The zero-order valence-corrected chi connectivity index (χ0v) is 8.41. The molecule has 0 aromatic rings. The lowest BCUT2D eigenvalue weighted by atomic mass is 10.1. The molecule has 0 radical (unpaired) electrons. The van der Waals surface area contributed by atoms with E-state index < -0.39 is 0 Å². The molecule has 0 saturated carbocycles. The maximum atomic E-state index is 4.21. The van der Waals surface area contributed by atoms with E-state index in [4.69, 9.17) is 0 Å². The third-order valence-corrected chi connectivity index (χ3v) is 2.37. The van der Waals surface area contributed by atoms with E-state index in [-0.39, 0.29) is 0 Å². The topological polar surface area (TPSA) is 24.7 Å². The molecule has 0 aliphatic carbocycles. The molecule has 1 heterocycles. The third-order valence-electron chi connectivity index (χ3n) is 2.37. The molecule has 2 heteroatoms. The minimum atomic E-state index is 0.956. The molecule has 0 saturated heterocycles. The van der Waals surface area contributed by atoms with Crippen LogP contribution >= 0.6 is 0 Å². The fourth-order valence-corrected chi connectivity index (χ4v) is 1.55. The number of nitrogens with zero attached hydrogens (tertiary/aromatic N) is 2. The Morgan fingerprint density at radius 2 is 1.46 bits per heavy atom. The first-order chi connectivity index (χ1) is 6.50. The van der Waals surface area contributed by atoms with Gasteiger partial charge in [0.1, 0.15) is 6.34 Å². The van der Waals surface area contributed by atoms with Gasteiger partial charge >= 0.3 is 0 Å². The van der Waals surface area contributed by atoms with Gasteiger partial charge in [0.15, 0.2) is 0 Å². The molecule has 0 aromatic carbocycles. The maximum Gasteiger partial charge on any atom is 0.109 e. The molecule has 0 bridgehead atoms. The van der Waals surface area contributed by atoms with Crippen LogP contribution in [0, 0.1) is 0 Å². The van der Waals surface area contributed by atoms with Gasteiger partial charge in [-0.1, -0.05) is 32.1 Å². The lowest BCUT2D eigenvalue weighted by Crippen LogP contribution is -1.83. The zero-order chi connectivity index (χ0) is 9.19. The number of rotatable bonds is 0. The normalized spacial score (nSPS) is 26.5. The van der Waals surface area contributed by atoms with Gasteiger partial charge in [-0.25, -0.2) is 4.99 Å². The predicted octanol–water partition coefficient (Wildman–Crippen LogP) is 3.22. The average Bonchev–Trinajstić information content (AvgIpc) is 2.18. The second-order valence-corrected chi connectivity index (χ2v) is 3.62. The quantitative estimate of drug-likeness (QED) is 0.547. The van der Waals surface area contributed by atoms with Crippen molar-refractivity contribution in [2.24, 2.45) is 9.98 Å². The highest BCUT2D eigenvalue weighted by Gasteiger charge is 1.91. The van der Waals surface area contributed by atoms with Crippen LogP contribution in [0.2, 0.25) is 0 Å². The molecule has 74 valence electrons. The van der Waals surface area contributed by atoms with Gasteiger partial charge in [-0.05, 0) is 19.3 Å². The van der Waals surface area contributed by atoms with Crippen LogP contribution in [0.5, 0.6) is 0 Å². The molecule has 2 nitrogen and oxygen atoms in total. The maximum absolute atomic E-state index is 4.21. The summed E-state index contributed by atoms with van der Waals surface area (Å²) in [6.07, 6.45) is 14.2. The number of hydrogen-bond donors (Lipinski definition) is 0. The Kier molecular flexibility index (Phi) is 6.38. The lowest BCUT2D eigenvalue weighted by molar-refractivity contribution is 0.589. The van der Waals surface area contributed by atoms with Gasteiger partial charge in [0.2, 0.25) is 0 Å². The highest BCUT2D eigenvalue weighted by Crippen LogP contribution is 2.08. The van der Waals surface area contributed by atoms with E-state index >= 15 is 0 Å². The van der Waals surface area contributed by atoms with Crippen molar-refractivity contribution in [2.75, 3.05) is 6.54 Å². The van der Waals surface area contributed by atoms with Crippen molar-refractivity contribution in [1.82, 2.24) is 0 Å². The minimum absolute atomic E-state index is 0.956. The molecular formula is C11H20N2. The highest BCUT2D eigenvalue weighted by molar-refractivity contribution is 5.71. The SMILES string of the molecule is C1=N\CCCCCCCCC/C=N/1. The second-order valence-electron chi connectivity index (χ2n) is 3.62. The Bertz CT molecular complexity index is 143. The Morgan fingerprint density at radius 3 is 2.31 bits per heavy atom. The van der Waals surface area contributed by atoms with Crippen LogP contribution in [0.4, 0.5) is 0 Å². The predicted molar refractivity (Wildman–Crippen MR) is 58.8 cm³/mol. The highest BCUT2D eigenvalue weighted by atomic mass is 14.8. The Labute approximate surface area is 81.2 Å². The van der Waals surface area contributed by atoms with Crippen molar-refractivity contribution in [3.8, 4) is 0 Å². The van der Waals surface area contributed by atoms with E-state index in [1.54, 1.807) is 6.34 Å². The summed E-state index contributed by atoms with van der Waals surface area (Å²) in [5, 5.41) is 0. The molecule has 0 fully saturated rings. The summed E-state index contributed by atoms with van der Waals surface area (Å²) >= 11 is 0. The minimum Gasteiger partial charge on any atom is -0.274 e. The van der Waals surface area contributed by atoms with Gasteiger partial charge in [0.05, 0.1) is 0 Å². The fourth-order valence-electron chi connectivity index (χ4n) is 1.55. The summed E-state index contributed by atoms with van der Waals surface area (Å²) in [7, 11) is 0. The molecule has 0 amide bonds. The summed E-state index contributed by atoms with van der Waals surface area (Å²) in [5.74, 6) is 0. The standard InChI is InChI=1S/C11H20N2/c1-2-4-6-8-10-13-11-12-9-7-5-3-1/h9,11H,1-8,10H2/b12-9+,13-11-. The Balaban J connectivity index is 2.18. The number of aliphatic imine (C=N–C) groups is 2. The molecule has 0 aromatic heterocycles. The van der Waals surface area contributed by atoms with Gasteiger partial charge in [0.25, 0.3) is 0 Å². The molecule has 1 aliphatic rings. The van der Waals surface area contributed by atoms with Crippen molar-refractivity contribution in [3.63, 3.8) is 0 Å². The van der Waals surface area contributed by atoms with Crippen LogP contribution in [-0.4, -0.2) is 19.1 Å². The van der Waals surface area contributed by atoms with Gasteiger partial charge in [-0.2, -0.15) is 0 Å².